The molecule has 7 nitrogen and oxygen atoms in total. The third kappa shape index (κ3) is 4.07. The largest absolute Gasteiger partial charge is 0.326 e. The quantitative estimate of drug-likeness (QED) is 0.685. The lowest BCUT2D eigenvalue weighted by atomic mass is 10.1. The lowest BCUT2D eigenvalue weighted by Crippen LogP contribution is -2.40. The van der Waals surface area contributed by atoms with Crippen LogP contribution in [0.1, 0.15) is 32.3 Å². The molecule has 0 radical (unpaired) electrons. The Morgan fingerprint density at radius 1 is 1.26 bits per heavy atom. The van der Waals surface area contributed by atoms with E-state index in [1.807, 2.05) is 12.1 Å². The fourth-order valence-electron chi connectivity index (χ4n) is 2.37. The van der Waals surface area contributed by atoms with Gasteiger partial charge in [0.05, 0.1) is 0 Å². The first-order chi connectivity index (χ1) is 10.8. The third-order valence-corrected chi connectivity index (χ3v) is 3.70. The van der Waals surface area contributed by atoms with Gasteiger partial charge in [-0.05, 0) is 38.0 Å². The summed E-state index contributed by atoms with van der Waals surface area (Å²) in [6.45, 7) is 4.00. The highest BCUT2D eigenvalue weighted by atomic mass is 16.2. The van der Waals surface area contributed by atoms with Gasteiger partial charge in [-0.3, -0.25) is 14.5 Å². The minimum Gasteiger partial charge on any atom is -0.326 e. The molecule has 0 spiro atoms. The summed E-state index contributed by atoms with van der Waals surface area (Å²) in [5, 5.41) is 5.38. The van der Waals surface area contributed by atoms with Crippen molar-refractivity contribution in [2.75, 3.05) is 11.9 Å². The van der Waals surface area contributed by atoms with Gasteiger partial charge in [0.2, 0.25) is 5.91 Å². The molecular weight excluding hydrogens is 296 g/mol. The van der Waals surface area contributed by atoms with Crippen molar-refractivity contribution in [3.05, 3.63) is 29.8 Å². The van der Waals surface area contributed by atoms with Crippen LogP contribution in [-0.2, 0) is 16.1 Å². The van der Waals surface area contributed by atoms with Crippen LogP contribution in [0.25, 0.3) is 0 Å². The first-order valence-corrected chi connectivity index (χ1v) is 7.56. The van der Waals surface area contributed by atoms with Crippen molar-refractivity contribution in [1.82, 2.24) is 10.2 Å². The van der Waals surface area contributed by atoms with Crippen molar-refractivity contribution < 1.29 is 14.4 Å². The summed E-state index contributed by atoms with van der Waals surface area (Å²) < 4.78 is 0. The minimum atomic E-state index is -0.871. The fourth-order valence-corrected chi connectivity index (χ4v) is 2.37. The number of urea groups is 1. The monoisotopic (exact) mass is 318 g/mol. The average Bonchev–Trinajstić information content (AvgIpc) is 2.69. The molecule has 1 aliphatic heterocycles. The number of nitrogens with one attached hydrogen (secondary N) is 2. The molecule has 0 aliphatic carbocycles. The number of rotatable bonds is 6. The standard InChI is InChI=1S/C16H22N4O3/c1-16(2)14(22)20(15(23)19-16)9-3-4-13(21)18-12-7-5-11(10-17)6-8-12/h5-8H,3-4,9-10,17H2,1-2H3,(H,18,21)(H,19,23). The van der Waals surface area contributed by atoms with E-state index in [1.165, 1.54) is 0 Å². The van der Waals surface area contributed by atoms with Gasteiger partial charge < -0.3 is 16.4 Å². The van der Waals surface area contributed by atoms with Crippen molar-refractivity contribution >= 4 is 23.5 Å². The predicted octanol–water partition coefficient (Wildman–Crippen LogP) is 1.19. The molecule has 1 aromatic carbocycles. The van der Waals surface area contributed by atoms with E-state index in [-0.39, 0.29) is 24.8 Å². The van der Waals surface area contributed by atoms with E-state index >= 15 is 0 Å². The number of amides is 4. The second kappa shape index (κ2) is 6.78. The summed E-state index contributed by atoms with van der Waals surface area (Å²) in [5.74, 6) is -0.419. The Balaban J connectivity index is 1.78. The van der Waals surface area contributed by atoms with Crippen molar-refractivity contribution in [3.63, 3.8) is 0 Å². The van der Waals surface area contributed by atoms with Gasteiger partial charge in [-0.15, -0.1) is 0 Å². The smallest absolute Gasteiger partial charge is 0.325 e. The molecule has 0 atom stereocenters. The van der Waals surface area contributed by atoms with E-state index in [0.29, 0.717) is 18.7 Å². The normalized spacial score (nSPS) is 16.4. The van der Waals surface area contributed by atoms with Gasteiger partial charge in [-0.1, -0.05) is 12.1 Å². The predicted molar refractivity (Wildman–Crippen MR) is 86.5 cm³/mol. The summed E-state index contributed by atoms with van der Waals surface area (Å²) in [4.78, 5) is 36.8. The summed E-state index contributed by atoms with van der Waals surface area (Å²) >= 11 is 0. The Morgan fingerprint density at radius 3 is 2.43 bits per heavy atom. The number of carbonyl (C=O) groups is 3. The second-order valence-corrected chi connectivity index (χ2v) is 6.06. The van der Waals surface area contributed by atoms with Crippen LogP contribution < -0.4 is 16.4 Å². The number of anilines is 1. The van der Waals surface area contributed by atoms with Crippen LogP contribution in [0.4, 0.5) is 10.5 Å². The van der Waals surface area contributed by atoms with Gasteiger partial charge in [-0.2, -0.15) is 0 Å². The van der Waals surface area contributed by atoms with Crippen LogP contribution in [0.15, 0.2) is 24.3 Å². The van der Waals surface area contributed by atoms with E-state index in [4.69, 9.17) is 5.73 Å². The molecule has 1 fully saturated rings. The first-order valence-electron chi connectivity index (χ1n) is 7.56. The van der Waals surface area contributed by atoms with E-state index in [1.54, 1.807) is 26.0 Å². The SMILES string of the molecule is CC1(C)NC(=O)N(CCCC(=O)Nc2ccc(CN)cc2)C1=O. The van der Waals surface area contributed by atoms with E-state index in [0.717, 1.165) is 10.5 Å². The molecule has 1 heterocycles. The Labute approximate surface area is 135 Å². The molecule has 23 heavy (non-hydrogen) atoms. The molecule has 1 aliphatic rings. The van der Waals surface area contributed by atoms with Gasteiger partial charge in [-0.25, -0.2) is 4.79 Å². The maximum absolute atomic E-state index is 12.0. The van der Waals surface area contributed by atoms with Gasteiger partial charge in [0.15, 0.2) is 0 Å². The Morgan fingerprint density at radius 2 is 1.91 bits per heavy atom. The minimum absolute atomic E-state index is 0.156. The molecular formula is C16H22N4O3. The van der Waals surface area contributed by atoms with Crippen molar-refractivity contribution in [1.29, 1.82) is 0 Å². The number of hydrogen-bond acceptors (Lipinski definition) is 4. The van der Waals surface area contributed by atoms with E-state index in [9.17, 15) is 14.4 Å². The summed E-state index contributed by atoms with van der Waals surface area (Å²) in [7, 11) is 0. The van der Waals surface area contributed by atoms with Crippen LogP contribution in [0.2, 0.25) is 0 Å². The lowest BCUT2D eigenvalue weighted by molar-refractivity contribution is -0.130. The molecule has 7 heteroatoms. The number of hydrogen-bond donors (Lipinski definition) is 3. The van der Waals surface area contributed by atoms with Gasteiger partial charge in [0.1, 0.15) is 5.54 Å². The van der Waals surface area contributed by atoms with Gasteiger partial charge in [0, 0.05) is 25.2 Å². The van der Waals surface area contributed by atoms with Crippen molar-refractivity contribution in [2.45, 2.75) is 38.8 Å². The molecule has 1 saturated heterocycles. The zero-order valence-corrected chi connectivity index (χ0v) is 13.4. The lowest BCUT2D eigenvalue weighted by Gasteiger charge is -2.15. The molecule has 0 unspecified atom stereocenters. The molecule has 124 valence electrons. The van der Waals surface area contributed by atoms with Gasteiger partial charge in [0.25, 0.3) is 5.91 Å². The zero-order chi connectivity index (χ0) is 17.0. The van der Waals surface area contributed by atoms with E-state index in [2.05, 4.69) is 10.6 Å². The molecule has 0 saturated carbocycles. The number of benzene rings is 1. The third-order valence-electron chi connectivity index (χ3n) is 3.70. The molecule has 4 N–H and O–H groups in total. The Kier molecular flexibility index (Phi) is 5.00. The second-order valence-electron chi connectivity index (χ2n) is 6.06. The summed E-state index contributed by atoms with van der Waals surface area (Å²) in [6, 6.07) is 6.88. The van der Waals surface area contributed by atoms with Crippen LogP contribution >= 0.6 is 0 Å². The highest BCUT2D eigenvalue weighted by molar-refractivity contribution is 6.06. The van der Waals surface area contributed by atoms with E-state index < -0.39 is 11.6 Å². The van der Waals surface area contributed by atoms with Crippen LogP contribution in [0.5, 0.6) is 0 Å². The highest BCUT2D eigenvalue weighted by Gasteiger charge is 2.43. The Hall–Kier alpha value is -2.41. The molecule has 4 amide bonds. The van der Waals surface area contributed by atoms with Crippen molar-refractivity contribution in [2.24, 2.45) is 5.73 Å². The Bertz CT molecular complexity index is 610. The van der Waals surface area contributed by atoms with Crippen molar-refractivity contribution in [3.8, 4) is 0 Å². The van der Waals surface area contributed by atoms with Gasteiger partial charge >= 0.3 is 6.03 Å². The maximum atomic E-state index is 12.0. The number of nitrogens with two attached hydrogens (primary N) is 1. The topological polar surface area (TPSA) is 105 Å². The zero-order valence-electron chi connectivity index (χ0n) is 13.4. The summed E-state index contributed by atoms with van der Waals surface area (Å²) in [5.41, 5.74) is 6.33. The van der Waals surface area contributed by atoms with Crippen LogP contribution in [0.3, 0.4) is 0 Å². The average molecular weight is 318 g/mol. The highest BCUT2D eigenvalue weighted by Crippen LogP contribution is 2.17. The number of carbonyl (C=O) groups excluding carboxylic acids is 3. The number of nitrogens with zero attached hydrogens (tertiary/aromatic N) is 1. The number of imide groups is 1. The van der Waals surface area contributed by atoms with Crippen LogP contribution in [-0.4, -0.2) is 34.8 Å². The molecule has 0 aromatic heterocycles. The molecule has 0 bridgehead atoms. The first kappa shape index (κ1) is 17.0. The fraction of sp³-hybridized carbons (Fsp3) is 0.438. The summed E-state index contributed by atoms with van der Waals surface area (Å²) in [6.07, 6.45) is 0.651. The molecule has 1 aromatic rings. The maximum Gasteiger partial charge on any atom is 0.325 e. The molecule has 2 rings (SSSR count). The van der Waals surface area contributed by atoms with Crippen LogP contribution in [0, 0.1) is 0 Å².